The molecule has 0 aliphatic heterocycles. The summed E-state index contributed by atoms with van der Waals surface area (Å²) in [4.78, 5) is 11.9. The van der Waals surface area contributed by atoms with Crippen LogP contribution in [0.1, 0.15) is 0 Å². The van der Waals surface area contributed by atoms with Gasteiger partial charge in [0.2, 0.25) is 0 Å². The number of amides is 1. The first-order valence-corrected chi connectivity index (χ1v) is 3.12. The van der Waals surface area contributed by atoms with Gasteiger partial charge in [0, 0.05) is 14.1 Å². The Hall–Kier alpha value is -0.440. The number of carbonyl (C=O) groups is 1. The van der Waals surface area contributed by atoms with Crippen LogP contribution in [0.25, 0.3) is 0 Å². The molecule has 0 aromatic rings. The number of alkyl halides is 1. The molecule has 0 atom stereocenters. The average Bonchev–Trinajstić information content (AvgIpc) is 1.82. The van der Waals surface area contributed by atoms with Crippen LogP contribution in [0.15, 0.2) is 0 Å². The molecule has 0 saturated heterocycles. The number of rotatable bonds is 2. The van der Waals surface area contributed by atoms with Crippen LogP contribution >= 0.6 is 11.6 Å². The zero-order chi connectivity index (χ0) is 7.28. The molecule has 0 unspecified atom stereocenters. The first-order chi connectivity index (χ1) is 4.18. The number of nitrogens with zero attached hydrogens (tertiary/aromatic N) is 1. The van der Waals surface area contributed by atoms with Crippen LogP contribution in [0, 0.1) is 0 Å². The van der Waals surface area contributed by atoms with Gasteiger partial charge in [-0.2, -0.15) is 0 Å². The van der Waals surface area contributed by atoms with Crippen molar-refractivity contribution in [2.75, 3.05) is 26.6 Å². The van der Waals surface area contributed by atoms with Gasteiger partial charge in [-0.05, 0) is 0 Å². The Morgan fingerprint density at radius 2 is 2.22 bits per heavy atom. The fourth-order valence-corrected chi connectivity index (χ4v) is 0.332. The summed E-state index contributed by atoms with van der Waals surface area (Å²) < 4.78 is 4.61. The minimum Gasteiger partial charge on any atom is -0.448 e. The molecule has 3 nitrogen and oxygen atoms in total. The van der Waals surface area contributed by atoms with E-state index >= 15 is 0 Å². The van der Waals surface area contributed by atoms with Crippen molar-refractivity contribution in [1.82, 2.24) is 4.90 Å². The van der Waals surface area contributed by atoms with E-state index in [4.69, 9.17) is 11.6 Å². The maximum atomic E-state index is 10.5. The highest BCUT2D eigenvalue weighted by Crippen LogP contribution is 1.85. The zero-order valence-corrected chi connectivity index (χ0v) is 6.31. The van der Waals surface area contributed by atoms with Crippen molar-refractivity contribution in [2.45, 2.75) is 0 Å². The van der Waals surface area contributed by atoms with Crippen molar-refractivity contribution < 1.29 is 9.53 Å². The van der Waals surface area contributed by atoms with E-state index in [2.05, 4.69) is 4.74 Å². The Bertz CT molecular complexity index is 95.0. The van der Waals surface area contributed by atoms with Crippen LogP contribution in [0.5, 0.6) is 0 Å². The molecule has 1 amide bonds. The molecule has 0 N–H and O–H groups in total. The molecule has 0 aromatic carbocycles. The average molecular weight is 152 g/mol. The number of hydrogen-bond acceptors (Lipinski definition) is 2. The molecule has 0 saturated carbocycles. The molecule has 9 heavy (non-hydrogen) atoms. The number of ether oxygens (including phenoxy) is 1. The van der Waals surface area contributed by atoms with Gasteiger partial charge in [0.15, 0.2) is 0 Å². The summed E-state index contributed by atoms with van der Waals surface area (Å²) in [5.41, 5.74) is 0. The lowest BCUT2D eigenvalue weighted by Gasteiger charge is -2.08. The molecular weight excluding hydrogens is 142 g/mol. The standard InChI is InChI=1S/C5H10ClNO2/c1-7(2)5(8)9-4-3-6/h3-4H2,1-2H3. The lowest BCUT2D eigenvalue weighted by Crippen LogP contribution is -2.23. The smallest absolute Gasteiger partial charge is 0.409 e. The topological polar surface area (TPSA) is 29.5 Å². The van der Waals surface area contributed by atoms with Gasteiger partial charge in [-0.15, -0.1) is 11.6 Å². The lowest BCUT2D eigenvalue weighted by atomic mass is 10.8. The summed E-state index contributed by atoms with van der Waals surface area (Å²) in [6.07, 6.45) is -0.351. The van der Waals surface area contributed by atoms with Crippen molar-refractivity contribution in [3.63, 3.8) is 0 Å². The second-order valence-electron chi connectivity index (χ2n) is 1.70. The number of halogens is 1. The Labute approximate surface area is 59.5 Å². The van der Waals surface area contributed by atoms with Crippen molar-refractivity contribution in [1.29, 1.82) is 0 Å². The minimum absolute atomic E-state index is 0.276. The highest BCUT2D eigenvalue weighted by molar-refractivity contribution is 6.18. The minimum atomic E-state index is -0.351. The Balaban J connectivity index is 3.28. The SMILES string of the molecule is CN(C)C(=O)OCCCl. The lowest BCUT2D eigenvalue weighted by molar-refractivity contribution is 0.124. The Morgan fingerprint density at radius 1 is 1.67 bits per heavy atom. The molecule has 0 fully saturated rings. The van der Waals surface area contributed by atoms with Crippen LogP contribution in [0.4, 0.5) is 4.79 Å². The van der Waals surface area contributed by atoms with Gasteiger partial charge >= 0.3 is 6.09 Å². The largest absolute Gasteiger partial charge is 0.448 e. The van der Waals surface area contributed by atoms with E-state index in [0.717, 1.165) is 0 Å². The summed E-state index contributed by atoms with van der Waals surface area (Å²) in [5, 5.41) is 0. The quantitative estimate of drug-likeness (QED) is 0.550. The van der Waals surface area contributed by atoms with Gasteiger partial charge in [0.1, 0.15) is 6.61 Å². The zero-order valence-electron chi connectivity index (χ0n) is 5.56. The maximum Gasteiger partial charge on any atom is 0.409 e. The molecule has 0 radical (unpaired) electrons. The molecule has 54 valence electrons. The monoisotopic (exact) mass is 151 g/mol. The highest BCUT2D eigenvalue weighted by Gasteiger charge is 2.01. The Morgan fingerprint density at radius 3 is 2.56 bits per heavy atom. The molecule has 4 heteroatoms. The second kappa shape index (κ2) is 4.44. The maximum absolute atomic E-state index is 10.5. The van der Waals surface area contributed by atoms with Gasteiger partial charge in [-0.1, -0.05) is 0 Å². The van der Waals surface area contributed by atoms with Crippen molar-refractivity contribution in [3.05, 3.63) is 0 Å². The van der Waals surface area contributed by atoms with E-state index in [1.807, 2.05) is 0 Å². The van der Waals surface area contributed by atoms with E-state index < -0.39 is 0 Å². The van der Waals surface area contributed by atoms with Gasteiger partial charge < -0.3 is 9.64 Å². The van der Waals surface area contributed by atoms with Crippen LogP contribution < -0.4 is 0 Å². The molecule has 0 bridgehead atoms. The van der Waals surface area contributed by atoms with Crippen molar-refractivity contribution >= 4 is 17.7 Å². The molecule has 0 aromatic heterocycles. The van der Waals surface area contributed by atoms with Crippen LogP contribution in [-0.2, 0) is 4.74 Å². The molecule has 0 rings (SSSR count). The van der Waals surface area contributed by atoms with Gasteiger partial charge in [-0.3, -0.25) is 0 Å². The van der Waals surface area contributed by atoms with Gasteiger partial charge in [-0.25, -0.2) is 4.79 Å². The van der Waals surface area contributed by atoms with Crippen LogP contribution in [0.3, 0.4) is 0 Å². The van der Waals surface area contributed by atoms with E-state index in [9.17, 15) is 4.79 Å². The number of carbonyl (C=O) groups excluding carboxylic acids is 1. The normalized spacial score (nSPS) is 8.78. The fraction of sp³-hybridized carbons (Fsp3) is 0.800. The van der Waals surface area contributed by atoms with Gasteiger partial charge in [0.05, 0.1) is 5.88 Å². The Kier molecular flexibility index (Phi) is 4.22. The van der Waals surface area contributed by atoms with Crippen molar-refractivity contribution in [2.24, 2.45) is 0 Å². The third kappa shape index (κ3) is 4.09. The molecule has 0 heterocycles. The summed E-state index contributed by atoms with van der Waals surface area (Å²) in [7, 11) is 3.24. The first-order valence-electron chi connectivity index (χ1n) is 2.58. The van der Waals surface area contributed by atoms with Crippen LogP contribution in [-0.4, -0.2) is 37.6 Å². The summed E-state index contributed by atoms with van der Waals surface area (Å²) in [5.74, 6) is 0.347. The highest BCUT2D eigenvalue weighted by atomic mass is 35.5. The molecule has 0 spiro atoms. The van der Waals surface area contributed by atoms with E-state index in [0.29, 0.717) is 5.88 Å². The third-order valence-electron chi connectivity index (χ3n) is 0.668. The van der Waals surface area contributed by atoms with Crippen molar-refractivity contribution in [3.8, 4) is 0 Å². The first kappa shape index (κ1) is 8.56. The van der Waals surface area contributed by atoms with E-state index in [-0.39, 0.29) is 12.7 Å². The summed E-state index contributed by atoms with van der Waals surface area (Å²) in [6, 6.07) is 0. The second-order valence-corrected chi connectivity index (χ2v) is 2.08. The predicted octanol–water partition coefficient (Wildman–Crippen LogP) is 0.923. The molecule has 0 aliphatic rings. The summed E-state index contributed by atoms with van der Waals surface area (Å²) in [6.45, 7) is 0.276. The fourth-order valence-electron chi connectivity index (χ4n) is 0.255. The van der Waals surface area contributed by atoms with Crippen LogP contribution in [0.2, 0.25) is 0 Å². The van der Waals surface area contributed by atoms with E-state index in [1.165, 1.54) is 4.90 Å². The summed E-state index contributed by atoms with van der Waals surface area (Å²) >= 11 is 5.25. The molecular formula is C5H10ClNO2. The molecule has 0 aliphatic carbocycles. The van der Waals surface area contributed by atoms with E-state index in [1.54, 1.807) is 14.1 Å². The van der Waals surface area contributed by atoms with Gasteiger partial charge in [0.25, 0.3) is 0 Å². The third-order valence-corrected chi connectivity index (χ3v) is 0.822. The number of hydrogen-bond donors (Lipinski definition) is 0. The predicted molar refractivity (Wildman–Crippen MR) is 35.8 cm³/mol.